The maximum Gasteiger partial charge on any atom is 0.325 e. The molecule has 1 N–H and O–H groups in total. The minimum atomic E-state index is -0.705. The van der Waals surface area contributed by atoms with E-state index in [1.165, 1.54) is 4.90 Å². The van der Waals surface area contributed by atoms with Crippen LogP contribution in [-0.2, 0) is 4.79 Å². The number of nitrogens with one attached hydrogen (secondary N) is 1. The van der Waals surface area contributed by atoms with Gasteiger partial charge < -0.3 is 10.1 Å². The monoisotopic (exact) mass is 358 g/mol. The van der Waals surface area contributed by atoms with Crippen LogP contribution in [0.4, 0.5) is 4.79 Å². The van der Waals surface area contributed by atoms with Crippen LogP contribution in [0.3, 0.4) is 0 Å². The lowest BCUT2D eigenvalue weighted by Gasteiger charge is -2.42. The van der Waals surface area contributed by atoms with Crippen molar-refractivity contribution >= 4 is 11.9 Å². The van der Waals surface area contributed by atoms with Crippen LogP contribution < -0.4 is 10.1 Å². The van der Waals surface area contributed by atoms with Gasteiger partial charge in [-0.1, -0.05) is 26.3 Å². The Balaban J connectivity index is 1.58. The van der Waals surface area contributed by atoms with Gasteiger partial charge in [-0.05, 0) is 68.2 Å². The molecule has 2 fully saturated rings. The first-order chi connectivity index (χ1) is 12.3. The molecule has 0 bridgehead atoms. The second-order valence-electron chi connectivity index (χ2n) is 8.01. The van der Waals surface area contributed by atoms with Crippen molar-refractivity contribution in [1.29, 1.82) is 0 Å². The summed E-state index contributed by atoms with van der Waals surface area (Å²) in [5.41, 5.74) is 1.62. The van der Waals surface area contributed by atoms with Crippen molar-refractivity contribution in [2.75, 3.05) is 13.2 Å². The van der Waals surface area contributed by atoms with Gasteiger partial charge in [0.2, 0.25) is 0 Å². The molecule has 1 saturated carbocycles. The van der Waals surface area contributed by atoms with Gasteiger partial charge in [0.1, 0.15) is 11.3 Å². The lowest BCUT2D eigenvalue weighted by Crippen LogP contribution is -2.58. The standard InChI is InChI=1S/C21H30N2O3/c1-14-11-15(2)13-18(12-14)26-10-6-9-23-19(24)21(22-20(23)25)16(3)7-5-8-17(21)4/h11-13,16-17H,5-10H2,1-4H3,(H,22,25). The maximum absolute atomic E-state index is 13.1. The zero-order valence-corrected chi connectivity index (χ0v) is 16.3. The topological polar surface area (TPSA) is 58.6 Å². The van der Waals surface area contributed by atoms with Crippen molar-refractivity contribution in [2.45, 2.75) is 58.9 Å². The maximum atomic E-state index is 13.1. The molecule has 0 radical (unpaired) electrons. The number of aryl methyl sites for hydroxylation is 2. The van der Waals surface area contributed by atoms with Crippen molar-refractivity contribution in [3.05, 3.63) is 29.3 Å². The lowest BCUT2D eigenvalue weighted by atomic mass is 9.67. The second kappa shape index (κ2) is 7.29. The Labute approximate surface area is 156 Å². The molecule has 1 aromatic carbocycles. The minimum absolute atomic E-state index is 0.0476. The predicted molar refractivity (Wildman–Crippen MR) is 101 cm³/mol. The van der Waals surface area contributed by atoms with Gasteiger partial charge in [-0.3, -0.25) is 9.69 Å². The third-order valence-electron chi connectivity index (χ3n) is 5.98. The fraction of sp³-hybridized carbons (Fsp3) is 0.619. The Bertz CT molecular complexity index is 670. The third kappa shape index (κ3) is 3.31. The van der Waals surface area contributed by atoms with E-state index in [1.54, 1.807) is 0 Å². The first kappa shape index (κ1) is 18.7. The summed E-state index contributed by atoms with van der Waals surface area (Å²) >= 11 is 0. The lowest BCUT2D eigenvalue weighted by molar-refractivity contribution is -0.136. The highest BCUT2D eigenvalue weighted by Crippen LogP contribution is 2.42. The molecule has 1 aliphatic heterocycles. The largest absolute Gasteiger partial charge is 0.494 e. The van der Waals surface area contributed by atoms with E-state index in [0.717, 1.165) is 36.1 Å². The normalized spacial score (nSPS) is 28.5. The molecule has 1 spiro atoms. The molecular formula is C21H30N2O3. The summed E-state index contributed by atoms with van der Waals surface area (Å²) in [6.07, 6.45) is 3.72. The molecule has 3 rings (SSSR count). The molecular weight excluding hydrogens is 328 g/mol. The van der Waals surface area contributed by atoms with Gasteiger partial charge in [-0.25, -0.2) is 4.79 Å². The van der Waals surface area contributed by atoms with Gasteiger partial charge in [0, 0.05) is 6.54 Å². The smallest absolute Gasteiger partial charge is 0.325 e. The molecule has 1 aromatic rings. The number of hydrogen-bond donors (Lipinski definition) is 1. The molecule has 0 aromatic heterocycles. The Kier molecular flexibility index (Phi) is 5.26. The van der Waals surface area contributed by atoms with Gasteiger partial charge in [-0.15, -0.1) is 0 Å². The fourth-order valence-electron chi connectivity index (χ4n) is 4.58. The number of nitrogens with zero attached hydrogens (tertiary/aromatic N) is 1. The van der Waals surface area contributed by atoms with Crippen LogP contribution in [-0.4, -0.2) is 35.5 Å². The van der Waals surface area contributed by atoms with Crippen LogP contribution in [0.25, 0.3) is 0 Å². The number of hydrogen-bond acceptors (Lipinski definition) is 3. The summed E-state index contributed by atoms with van der Waals surface area (Å²) in [5, 5.41) is 3.04. The Hall–Kier alpha value is -2.04. The van der Waals surface area contributed by atoms with E-state index in [4.69, 9.17) is 4.74 Å². The molecule has 1 aliphatic carbocycles. The Morgan fingerprint density at radius 2 is 1.73 bits per heavy atom. The highest BCUT2D eigenvalue weighted by molar-refractivity contribution is 6.07. The molecule has 1 saturated heterocycles. The van der Waals surface area contributed by atoms with Crippen LogP contribution in [0, 0.1) is 25.7 Å². The number of benzene rings is 1. The van der Waals surface area contributed by atoms with E-state index in [1.807, 2.05) is 26.0 Å². The van der Waals surface area contributed by atoms with Gasteiger partial charge in [0.15, 0.2) is 0 Å². The molecule has 2 aliphatic rings. The number of rotatable bonds is 5. The first-order valence-electron chi connectivity index (χ1n) is 9.70. The van der Waals surface area contributed by atoms with Gasteiger partial charge >= 0.3 is 6.03 Å². The summed E-state index contributed by atoms with van der Waals surface area (Å²) < 4.78 is 5.81. The van der Waals surface area contributed by atoms with E-state index in [9.17, 15) is 9.59 Å². The Morgan fingerprint density at radius 1 is 1.12 bits per heavy atom. The Morgan fingerprint density at radius 3 is 2.35 bits per heavy atom. The number of ether oxygens (including phenoxy) is 1. The number of imide groups is 1. The van der Waals surface area contributed by atoms with Crippen LogP contribution in [0.15, 0.2) is 18.2 Å². The zero-order chi connectivity index (χ0) is 18.9. The van der Waals surface area contributed by atoms with Crippen molar-refractivity contribution in [1.82, 2.24) is 10.2 Å². The number of amides is 3. The number of urea groups is 1. The van der Waals surface area contributed by atoms with Crippen LogP contribution >= 0.6 is 0 Å². The summed E-state index contributed by atoms with van der Waals surface area (Å²) in [6.45, 7) is 9.13. The molecule has 26 heavy (non-hydrogen) atoms. The van der Waals surface area contributed by atoms with E-state index < -0.39 is 5.54 Å². The first-order valence-corrected chi connectivity index (χ1v) is 9.70. The minimum Gasteiger partial charge on any atom is -0.494 e. The molecule has 5 heteroatoms. The average molecular weight is 358 g/mol. The molecule has 2 atom stereocenters. The summed E-state index contributed by atoms with van der Waals surface area (Å²) in [7, 11) is 0. The van der Waals surface area contributed by atoms with E-state index in [2.05, 4.69) is 25.2 Å². The van der Waals surface area contributed by atoms with E-state index in [0.29, 0.717) is 19.6 Å². The highest BCUT2D eigenvalue weighted by Gasteiger charge is 2.58. The van der Waals surface area contributed by atoms with Gasteiger partial charge in [0.05, 0.1) is 6.61 Å². The van der Waals surface area contributed by atoms with Gasteiger partial charge in [-0.2, -0.15) is 0 Å². The van der Waals surface area contributed by atoms with Crippen molar-refractivity contribution in [3.63, 3.8) is 0 Å². The molecule has 5 nitrogen and oxygen atoms in total. The zero-order valence-electron chi connectivity index (χ0n) is 16.3. The van der Waals surface area contributed by atoms with E-state index in [-0.39, 0.29) is 23.8 Å². The summed E-state index contributed by atoms with van der Waals surface area (Å²) in [5.74, 6) is 1.15. The van der Waals surface area contributed by atoms with Crippen LogP contribution in [0.2, 0.25) is 0 Å². The SMILES string of the molecule is Cc1cc(C)cc(OCCCN2C(=O)NC3(C2=O)C(C)CCCC3C)c1. The summed E-state index contributed by atoms with van der Waals surface area (Å²) in [6, 6.07) is 5.86. The van der Waals surface area contributed by atoms with Crippen LogP contribution in [0.1, 0.15) is 50.7 Å². The quantitative estimate of drug-likeness (QED) is 0.643. The van der Waals surface area contributed by atoms with E-state index >= 15 is 0 Å². The highest BCUT2D eigenvalue weighted by atomic mass is 16.5. The van der Waals surface area contributed by atoms with Crippen molar-refractivity contribution in [3.8, 4) is 5.75 Å². The third-order valence-corrected chi connectivity index (χ3v) is 5.98. The molecule has 1 heterocycles. The fourth-order valence-corrected chi connectivity index (χ4v) is 4.58. The van der Waals surface area contributed by atoms with Gasteiger partial charge in [0.25, 0.3) is 5.91 Å². The average Bonchev–Trinajstić information content (AvgIpc) is 2.81. The predicted octanol–water partition coefficient (Wildman–Crippen LogP) is 3.82. The van der Waals surface area contributed by atoms with Crippen molar-refractivity contribution in [2.24, 2.45) is 11.8 Å². The number of carbonyl (C=O) groups excluding carboxylic acids is 2. The van der Waals surface area contributed by atoms with Crippen LogP contribution in [0.5, 0.6) is 5.75 Å². The number of carbonyl (C=O) groups is 2. The molecule has 142 valence electrons. The second-order valence-corrected chi connectivity index (χ2v) is 8.01. The van der Waals surface area contributed by atoms with Crippen molar-refractivity contribution < 1.29 is 14.3 Å². The molecule has 3 amide bonds. The molecule has 2 unspecified atom stereocenters. The summed E-state index contributed by atoms with van der Waals surface area (Å²) in [4.78, 5) is 26.9.